The van der Waals surface area contributed by atoms with E-state index in [4.69, 9.17) is 5.11 Å². The van der Waals surface area contributed by atoms with Gasteiger partial charge in [-0.3, -0.25) is 4.79 Å². The van der Waals surface area contributed by atoms with Crippen molar-refractivity contribution in [2.24, 2.45) is 0 Å². The number of piperidine rings is 1. The first-order chi connectivity index (χ1) is 5.20. The standard InChI is InChI=1S/C6H9NO4/c8-4-1-2-7-3-5(4)11-6(9)10/h5,7H,1-3H2,(H,9,10). The van der Waals surface area contributed by atoms with Crippen molar-refractivity contribution in [3.8, 4) is 0 Å². The molecule has 0 saturated carbocycles. The van der Waals surface area contributed by atoms with Crippen LogP contribution >= 0.6 is 0 Å². The Labute approximate surface area is 63.3 Å². The van der Waals surface area contributed by atoms with Crippen molar-refractivity contribution in [3.63, 3.8) is 0 Å². The Hall–Kier alpha value is -1.10. The summed E-state index contributed by atoms with van der Waals surface area (Å²) >= 11 is 0. The number of hydrogen-bond acceptors (Lipinski definition) is 4. The zero-order chi connectivity index (χ0) is 8.27. The van der Waals surface area contributed by atoms with Crippen molar-refractivity contribution in [3.05, 3.63) is 0 Å². The van der Waals surface area contributed by atoms with E-state index in [1.807, 2.05) is 0 Å². The number of rotatable bonds is 1. The van der Waals surface area contributed by atoms with Crippen LogP contribution in [0.4, 0.5) is 4.79 Å². The van der Waals surface area contributed by atoms with Gasteiger partial charge in [-0.25, -0.2) is 4.79 Å². The van der Waals surface area contributed by atoms with Crippen LogP contribution in [0.15, 0.2) is 0 Å². The molecule has 0 aromatic rings. The maximum absolute atomic E-state index is 10.9. The molecule has 1 aliphatic rings. The number of nitrogens with one attached hydrogen (secondary N) is 1. The number of carbonyl (C=O) groups excluding carboxylic acids is 1. The van der Waals surface area contributed by atoms with Gasteiger partial charge in [0.05, 0.1) is 0 Å². The van der Waals surface area contributed by atoms with E-state index >= 15 is 0 Å². The van der Waals surface area contributed by atoms with Crippen LogP contribution in [0.25, 0.3) is 0 Å². The zero-order valence-electron chi connectivity index (χ0n) is 5.87. The van der Waals surface area contributed by atoms with Crippen LogP contribution < -0.4 is 5.32 Å². The Morgan fingerprint density at radius 3 is 3.00 bits per heavy atom. The molecule has 1 heterocycles. The van der Waals surface area contributed by atoms with E-state index in [1.54, 1.807) is 0 Å². The maximum Gasteiger partial charge on any atom is 0.506 e. The molecule has 62 valence electrons. The van der Waals surface area contributed by atoms with Gasteiger partial charge in [0.1, 0.15) is 0 Å². The molecule has 5 nitrogen and oxygen atoms in total. The van der Waals surface area contributed by atoms with E-state index < -0.39 is 12.3 Å². The smallest absolute Gasteiger partial charge is 0.450 e. The quantitative estimate of drug-likeness (QED) is 0.510. The molecule has 1 unspecified atom stereocenters. The normalized spacial score (nSPS) is 24.7. The van der Waals surface area contributed by atoms with Crippen LogP contribution in [0.2, 0.25) is 0 Å². The predicted octanol–water partition coefficient (Wildman–Crippen LogP) is -0.388. The zero-order valence-corrected chi connectivity index (χ0v) is 5.87. The minimum absolute atomic E-state index is 0.147. The monoisotopic (exact) mass is 159 g/mol. The van der Waals surface area contributed by atoms with Gasteiger partial charge in [-0.15, -0.1) is 0 Å². The minimum atomic E-state index is -1.40. The number of ketones is 1. The molecule has 0 aromatic carbocycles. The summed E-state index contributed by atoms with van der Waals surface area (Å²) in [4.78, 5) is 20.9. The lowest BCUT2D eigenvalue weighted by molar-refractivity contribution is -0.129. The van der Waals surface area contributed by atoms with Crippen LogP contribution in [0.3, 0.4) is 0 Å². The number of hydrogen-bond donors (Lipinski definition) is 2. The van der Waals surface area contributed by atoms with Crippen molar-refractivity contribution in [2.45, 2.75) is 12.5 Å². The average Bonchev–Trinajstić information content (AvgIpc) is 1.93. The van der Waals surface area contributed by atoms with E-state index in [9.17, 15) is 9.59 Å². The summed E-state index contributed by atoms with van der Waals surface area (Å²) in [6.45, 7) is 0.906. The van der Waals surface area contributed by atoms with E-state index in [2.05, 4.69) is 10.1 Å². The number of ether oxygens (including phenoxy) is 1. The molecular weight excluding hydrogens is 150 g/mol. The highest BCUT2D eigenvalue weighted by Crippen LogP contribution is 2.01. The van der Waals surface area contributed by atoms with E-state index in [0.29, 0.717) is 19.5 Å². The summed E-state index contributed by atoms with van der Waals surface area (Å²) in [6.07, 6.45) is -1.86. The second-order valence-electron chi connectivity index (χ2n) is 2.29. The summed E-state index contributed by atoms with van der Waals surface area (Å²) in [7, 11) is 0. The second-order valence-corrected chi connectivity index (χ2v) is 2.29. The highest BCUT2D eigenvalue weighted by molar-refractivity contribution is 5.85. The summed E-state index contributed by atoms with van der Waals surface area (Å²) in [5, 5.41) is 11.0. The Balaban J connectivity index is 2.42. The van der Waals surface area contributed by atoms with Crippen molar-refractivity contribution in [2.75, 3.05) is 13.1 Å². The van der Waals surface area contributed by atoms with Gasteiger partial charge in [0, 0.05) is 19.5 Å². The lowest BCUT2D eigenvalue weighted by Crippen LogP contribution is -2.43. The third-order valence-corrected chi connectivity index (χ3v) is 1.48. The largest absolute Gasteiger partial charge is 0.506 e. The fourth-order valence-electron chi connectivity index (χ4n) is 0.949. The van der Waals surface area contributed by atoms with Crippen LogP contribution in [0.1, 0.15) is 6.42 Å². The molecule has 0 amide bonds. The van der Waals surface area contributed by atoms with Crippen LogP contribution in [0, 0.1) is 0 Å². The molecule has 1 saturated heterocycles. The molecule has 0 aliphatic carbocycles. The van der Waals surface area contributed by atoms with Gasteiger partial charge >= 0.3 is 6.16 Å². The van der Waals surface area contributed by atoms with E-state index in [1.165, 1.54) is 0 Å². The van der Waals surface area contributed by atoms with E-state index in [-0.39, 0.29) is 5.78 Å². The first-order valence-corrected chi connectivity index (χ1v) is 3.33. The first kappa shape index (κ1) is 8.00. The Morgan fingerprint density at radius 2 is 2.45 bits per heavy atom. The molecule has 11 heavy (non-hydrogen) atoms. The summed E-state index contributed by atoms with van der Waals surface area (Å²) in [5.74, 6) is -0.147. The Bertz CT molecular complexity index is 179. The molecule has 0 aromatic heterocycles. The molecule has 1 aliphatic heterocycles. The van der Waals surface area contributed by atoms with Crippen LogP contribution in [-0.2, 0) is 9.53 Å². The molecule has 0 bridgehead atoms. The first-order valence-electron chi connectivity index (χ1n) is 3.33. The summed E-state index contributed by atoms with van der Waals surface area (Å²) in [5.41, 5.74) is 0. The third kappa shape index (κ3) is 2.19. The second kappa shape index (κ2) is 3.34. The van der Waals surface area contributed by atoms with Gasteiger partial charge in [-0.05, 0) is 0 Å². The highest BCUT2D eigenvalue weighted by atomic mass is 16.7. The summed E-state index contributed by atoms with van der Waals surface area (Å²) < 4.78 is 4.31. The van der Waals surface area contributed by atoms with Crippen LogP contribution in [0.5, 0.6) is 0 Å². The summed E-state index contributed by atoms with van der Waals surface area (Å²) in [6, 6.07) is 0. The lowest BCUT2D eigenvalue weighted by Gasteiger charge is -2.19. The fraction of sp³-hybridized carbons (Fsp3) is 0.667. The minimum Gasteiger partial charge on any atom is -0.450 e. The van der Waals surface area contributed by atoms with Gasteiger partial charge in [0.2, 0.25) is 0 Å². The molecule has 1 rings (SSSR count). The molecule has 2 N–H and O–H groups in total. The number of carboxylic acid groups (broad SMARTS) is 1. The van der Waals surface area contributed by atoms with Crippen molar-refractivity contribution in [1.29, 1.82) is 0 Å². The molecule has 1 atom stereocenters. The van der Waals surface area contributed by atoms with Crippen molar-refractivity contribution in [1.82, 2.24) is 5.32 Å². The van der Waals surface area contributed by atoms with E-state index in [0.717, 1.165) is 0 Å². The van der Waals surface area contributed by atoms with Gasteiger partial charge in [0.25, 0.3) is 0 Å². The molecule has 0 radical (unpaired) electrons. The predicted molar refractivity (Wildman–Crippen MR) is 35.4 cm³/mol. The fourth-order valence-corrected chi connectivity index (χ4v) is 0.949. The highest BCUT2D eigenvalue weighted by Gasteiger charge is 2.24. The van der Waals surface area contributed by atoms with Crippen molar-refractivity contribution >= 4 is 11.9 Å². The molecule has 0 spiro atoms. The topological polar surface area (TPSA) is 75.6 Å². The third-order valence-electron chi connectivity index (χ3n) is 1.48. The Kier molecular flexibility index (Phi) is 2.43. The van der Waals surface area contributed by atoms with Gasteiger partial charge in [0.15, 0.2) is 11.9 Å². The molecule has 5 heteroatoms. The Morgan fingerprint density at radius 1 is 1.73 bits per heavy atom. The number of carbonyl (C=O) groups is 2. The van der Waals surface area contributed by atoms with Crippen molar-refractivity contribution < 1.29 is 19.4 Å². The van der Waals surface area contributed by atoms with Gasteiger partial charge in [-0.2, -0.15) is 0 Å². The van der Waals surface area contributed by atoms with Gasteiger partial charge < -0.3 is 15.2 Å². The maximum atomic E-state index is 10.9. The molecular formula is C6H9NO4. The average molecular weight is 159 g/mol. The SMILES string of the molecule is O=C(O)OC1CNCCC1=O. The van der Waals surface area contributed by atoms with Gasteiger partial charge in [-0.1, -0.05) is 0 Å². The molecule has 1 fully saturated rings. The lowest BCUT2D eigenvalue weighted by atomic mass is 10.1. The number of Topliss-reactive ketones (excluding diaryl/α,β-unsaturated/α-hetero) is 1. The van der Waals surface area contributed by atoms with Crippen LogP contribution in [-0.4, -0.2) is 36.2 Å².